The lowest BCUT2D eigenvalue weighted by atomic mass is 9.78. The van der Waals surface area contributed by atoms with E-state index in [-0.39, 0.29) is 17.6 Å². The minimum Gasteiger partial charge on any atom is -0.376 e. The van der Waals surface area contributed by atoms with Crippen molar-refractivity contribution >= 4 is 33.2 Å². The smallest absolute Gasteiger partial charge is 0.294 e. The van der Waals surface area contributed by atoms with Crippen LogP contribution in [0.25, 0.3) is 0 Å². The maximum atomic E-state index is 12.2. The number of nitro groups is 1. The predicted octanol–water partition coefficient (Wildman–Crippen LogP) is 2.52. The Balaban J connectivity index is 1.98. The minimum absolute atomic E-state index is 0.0731. The van der Waals surface area contributed by atoms with Crippen LogP contribution < -0.4 is 16.0 Å². The largest absolute Gasteiger partial charge is 0.376 e. The highest BCUT2D eigenvalue weighted by Crippen LogP contribution is 2.38. The van der Waals surface area contributed by atoms with Crippen molar-refractivity contribution in [3.05, 3.63) is 32.3 Å². The standard InChI is InChI=1S/C16H21BrN4O3/c1-18-16(22)11-5-10(17)6-14(21(23)24)15(11)20-13-4-2-3-9-7-19-8-12(9)13/h5-6,9,12-13,19-20H,2-4,7-8H2,1H3,(H,18,22)/t9-,12+,13-/m0/s1. The molecule has 8 heteroatoms. The van der Waals surface area contributed by atoms with Crippen LogP contribution in [0.1, 0.15) is 29.6 Å². The first-order valence-electron chi connectivity index (χ1n) is 8.18. The van der Waals surface area contributed by atoms with Crippen molar-refractivity contribution in [3.8, 4) is 0 Å². The Morgan fingerprint density at radius 2 is 2.17 bits per heavy atom. The van der Waals surface area contributed by atoms with Gasteiger partial charge in [-0.2, -0.15) is 0 Å². The molecule has 0 aromatic heterocycles. The molecule has 3 N–H and O–H groups in total. The number of fused-ring (bicyclic) bond motifs is 1. The Labute approximate surface area is 148 Å². The first-order chi connectivity index (χ1) is 11.5. The zero-order chi connectivity index (χ0) is 17.3. The van der Waals surface area contributed by atoms with Crippen LogP contribution in [0.3, 0.4) is 0 Å². The number of hydrogen-bond donors (Lipinski definition) is 3. The van der Waals surface area contributed by atoms with E-state index in [2.05, 4.69) is 31.9 Å². The van der Waals surface area contributed by atoms with Crippen LogP contribution >= 0.6 is 15.9 Å². The number of carbonyl (C=O) groups excluding carboxylic acids is 1. The molecule has 2 fully saturated rings. The molecule has 3 atom stereocenters. The second-order valence-electron chi connectivity index (χ2n) is 6.45. The Hall–Kier alpha value is -1.67. The van der Waals surface area contributed by atoms with Crippen LogP contribution in [0.15, 0.2) is 16.6 Å². The van der Waals surface area contributed by atoms with E-state index in [1.54, 1.807) is 6.07 Å². The van der Waals surface area contributed by atoms with Crippen LogP contribution in [0, 0.1) is 22.0 Å². The van der Waals surface area contributed by atoms with Crippen LogP contribution in [-0.4, -0.2) is 37.0 Å². The fraction of sp³-hybridized carbons (Fsp3) is 0.562. The van der Waals surface area contributed by atoms with Gasteiger partial charge in [-0.3, -0.25) is 14.9 Å². The summed E-state index contributed by atoms with van der Waals surface area (Å²) in [6, 6.07) is 3.21. The van der Waals surface area contributed by atoms with Crippen LogP contribution in [-0.2, 0) is 0 Å². The first-order valence-corrected chi connectivity index (χ1v) is 8.98. The number of nitrogens with zero attached hydrogens (tertiary/aromatic N) is 1. The van der Waals surface area contributed by atoms with E-state index in [1.807, 2.05) is 0 Å². The molecule has 1 aliphatic carbocycles. The highest BCUT2D eigenvalue weighted by atomic mass is 79.9. The number of anilines is 1. The number of nitrogens with one attached hydrogen (secondary N) is 3. The summed E-state index contributed by atoms with van der Waals surface area (Å²) in [5.41, 5.74) is 0.544. The summed E-state index contributed by atoms with van der Waals surface area (Å²) < 4.78 is 0.516. The highest BCUT2D eigenvalue weighted by Gasteiger charge is 2.38. The van der Waals surface area contributed by atoms with Crippen LogP contribution in [0.5, 0.6) is 0 Å². The van der Waals surface area contributed by atoms with Crippen molar-refractivity contribution in [1.29, 1.82) is 0 Å². The molecule has 0 radical (unpaired) electrons. The quantitative estimate of drug-likeness (QED) is 0.536. The van der Waals surface area contributed by atoms with Gasteiger partial charge in [0.1, 0.15) is 5.69 Å². The number of rotatable bonds is 4. The zero-order valence-corrected chi connectivity index (χ0v) is 15.1. The molecule has 1 aromatic rings. The number of carbonyl (C=O) groups is 1. The normalized spacial score (nSPS) is 25.8. The third-order valence-corrected chi connectivity index (χ3v) is 5.54. The van der Waals surface area contributed by atoms with Gasteiger partial charge in [0.25, 0.3) is 11.6 Å². The molecule has 1 saturated carbocycles. The maximum absolute atomic E-state index is 12.2. The van der Waals surface area contributed by atoms with Crippen LogP contribution in [0.4, 0.5) is 11.4 Å². The van der Waals surface area contributed by atoms with Gasteiger partial charge in [0, 0.05) is 30.2 Å². The molecule has 2 aliphatic rings. The molecule has 1 saturated heterocycles. The molecule has 1 amide bonds. The van der Waals surface area contributed by atoms with Gasteiger partial charge in [0.05, 0.1) is 10.5 Å². The van der Waals surface area contributed by atoms with E-state index in [4.69, 9.17) is 0 Å². The second kappa shape index (κ2) is 7.06. The summed E-state index contributed by atoms with van der Waals surface area (Å²) in [6.45, 7) is 1.93. The van der Waals surface area contributed by atoms with Gasteiger partial charge in [-0.1, -0.05) is 22.4 Å². The van der Waals surface area contributed by atoms with Gasteiger partial charge >= 0.3 is 0 Å². The van der Waals surface area contributed by atoms with Crippen molar-refractivity contribution in [2.45, 2.75) is 25.3 Å². The van der Waals surface area contributed by atoms with Crippen molar-refractivity contribution < 1.29 is 9.72 Å². The van der Waals surface area contributed by atoms with Gasteiger partial charge in [-0.05, 0) is 37.3 Å². The van der Waals surface area contributed by atoms with Crippen molar-refractivity contribution in [1.82, 2.24) is 10.6 Å². The number of nitro benzene ring substituents is 1. The number of amides is 1. The van der Waals surface area contributed by atoms with Gasteiger partial charge in [-0.15, -0.1) is 0 Å². The fourth-order valence-electron chi connectivity index (χ4n) is 3.92. The molecule has 0 bridgehead atoms. The zero-order valence-electron chi connectivity index (χ0n) is 13.5. The lowest BCUT2D eigenvalue weighted by molar-refractivity contribution is -0.384. The lowest BCUT2D eigenvalue weighted by Crippen LogP contribution is -2.38. The maximum Gasteiger partial charge on any atom is 0.294 e. The Morgan fingerprint density at radius 3 is 2.88 bits per heavy atom. The summed E-state index contributed by atoms with van der Waals surface area (Å²) >= 11 is 3.26. The Kier molecular flexibility index (Phi) is 5.05. The number of halogens is 1. The average Bonchev–Trinajstić information content (AvgIpc) is 3.04. The van der Waals surface area contributed by atoms with Gasteiger partial charge in [-0.25, -0.2) is 0 Å². The third-order valence-electron chi connectivity index (χ3n) is 5.08. The SMILES string of the molecule is CNC(=O)c1cc(Br)cc([N+](=O)[O-])c1N[C@H]1CCC[C@H]2CNC[C@H]21. The average molecular weight is 397 g/mol. The molecule has 7 nitrogen and oxygen atoms in total. The van der Waals surface area contributed by atoms with E-state index in [1.165, 1.54) is 19.5 Å². The number of hydrogen-bond acceptors (Lipinski definition) is 5. The van der Waals surface area contributed by atoms with Crippen molar-refractivity contribution in [2.24, 2.45) is 11.8 Å². The highest BCUT2D eigenvalue weighted by molar-refractivity contribution is 9.10. The second-order valence-corrected chi connectivity index (χ2v) is 7.36. The first kappa shape index (κ1) is 17.2. The van der Waals surface area contributed by atoms with Gasteiger partial charge < -0.3 is 16.0 Å². The topological polar surface area (TPSA) is 96.3 Å². The predicted molar refractivity (Wildman–Crippen MR) is 95.3 cm³/mol. The summed E-state index contributed by atoms with van der Waals surface area (Å²) in [5, 5.41) is 20.8. The molecule has 0 unspecified atom stereocenters. The Bertz CT molecular complexity index is 667. The van der Waals surface area contributed by atoms with E-state index < -0.39 is 4.92 Å². The monoisotopic (exact) mass is 396 g/mol. The third kappa shape index (κ3) is 3.25. The summed E-state index contributed by atoms with van der Waals surface area (Å²) in [6.07, 6.45) is 3.25. The van der Waals surface area contributed by atoms with E-state index >= 15 is 0 Å². The van der Waals surface area contributed by atoms with E-state index in [9.17, 15) is 14.9 Å². The molecule has 130 valence electrons. The molecule has 24 heavy (non-hydrogen) atoms. The van der Waals surface area contributed by atoms with E-state index in [0.717, 1.165) is 25.9 Å². The molecule has 3 rings (SSSR count). The number of benzene rings is 1. The van der Waals surface area contributed by atoms with Gasteiger partial charge in [0.15, 0.2) is 0 Å². The molecular formula is C16H21BrN4O3. The Morgan fingerprint density at radius 1 is 1.38 bits per heavy atom. The summed E-state index contributed by atoms with van der Waals surface area (Å²) in [5.74, 6) is 0.715. The fourth-order valence-corrected chi connectivity index (χ4v) is 4.37. The molecular weight excluding hydrogens is 376 g/mol. The minimum atomic E-state index is -0.438. The van der Waals surface area contributed by atoms with Crippen LogP contribution in [0.2, 0.25) is 0 Å². The molecule has 1 aromatic carbocycles. The molecule has 1 aliphatic heterocycles. The summed E-state index contributed by atoms with van der Waals surface area (Å²) in [4.78, 5) is 23.3. The van der Waals surface area contributed by atoms with Crippen molar-refractivity contribution in [2.75, 3.05) is 25.5 Å². The van der Waals surface area contributed by atoms with E-state index in [0.29, 0.717) is 27.6 Å². The van der Waals surface area contributed by atoms with Gasteiger partial charge in [0.2, 0.25) is 0 Å². The molecule has 0 spiro atoms. The van der Waals surface area contributed by atoms with Crippen molar-refractivity contribution in [3.63, 3.8) is 0 Å². The molecule has 1 heterocycles. The summed E-state index contributed by atoms with van der Waals surface area (Å²) in [7, 11) is 1.52. The lowest BCUT2D eigenvalue weighted by Gasteiger charge is -2.34.